The van der Waals surface area contributed by atoms with Gasteiger partial charge in [-0.1, -0.05) is 5.16 Å². The quantitative estimate of drug-likeness (QED) is 0.425. The SMILES string of the molecule is [C]1=NOCON1. The van der Waals surface area contributed by atoms with E-state index in [1.807, 2.05) is 0 Å². The number of hydrogen-bond donors (Lipinski definition) is 1. The molecule has 0 spiro atoms. The summed E-state index contributed by atoms with van der Waals surface area (Å²) in [5, 5.41) is 3.19. The van der Waals surface area contributed by atoms with Gasteiger partial charge in [-0.25, -0.2) is 10.3 Å². The van der Waals surface area contributed by atoms with Crippen LogP contribution in [0.1, 0.15) is 0 Å². The van der Waals surface area contributed by atoms with Crippen molar-refractivity contribution < 1.29 is 9.68 Å². The van der Waals surface area contributed by atoms with Crippen LogP contribution < -0.4 is 5.48 Å². The Kier molecular flexibility index (Phi) is 0.920. The summed E-state index contributed by atoms with van der Waals surface area (Å²) in [5.41, 5.74) is 2.24. The van der Waals surface area contributed by atoms with E-state index in [1.165, 1.54) is 0 Å². The Bertz CT molecular complexity index is 54.6. The zero-order valence-electron chi connectivity index (χ0n) is 2.97. The Morgan fingerprint density at radius 2 is 2.83 bits per heavy atom. The van der Waals surface area contributed by atoms with Crippen LogP contribution in [0.4, 0.5) is 0 Å². The molecule has 1 heterocycles. The molecule has 4 nitrogen and oxygen atoms in total. The van der Waals surface area contributed by atoms with Crippen LogP contribution in [0.2, 0.25) is 0 Å². The van der Waals surface area contributed by atoms with E-state index < -0.39 is 0 Å². The Balaban J connectivity index is 2.26. The first-order valence-corrected chi connectivity index (χ1v) is 1.44. The van der Waals surface area contributed by atoms with Crippen molar-refractivity contribution in [3.63, 3.8) is 0 Å². The molecule has 33 valence electrons. The van der Waals surface area contributed by atoms with E-state index in [2.05, 4.69) is 26.6 Å². The van der Waals surface area contributed by atoms with Gasteiger partial charge in [0, 0.05) is 0 Å². The summed E-state index contributed by atoms with van der Waals surface area (Å²) >= 11 is 0. The second kappa shape index (κ2) is 1.61. The molecule has 4 heteroatoms. The molecule has 1 aliphatic heterocycles. The number of nitrogens with zero attached hydrogens (tertiary/aromatic N) is 1. The van der Waals surface area contributed by atoms with Crippen LogP contribution in [0.15, 0.2) is 5.16 Å². The zero-order chi connectivity index (χ0) is 4.24. The lowest BCUT2D eigenvalue weighted by Gasteiger charge is -2.02. The molecule has 0 saturated heterocycles. The van der Waals surface area contributed by atoms with E-state index in [0.717, 1.165) is 0 Å². The molecule has 1 aliphatic rings. The van der Waals surface area contributed by atoms with Crippen molar-refractivity contribution in [2.75, 3.05) is 6.79 Å². The standard InChI is InChI=1S/C2H3N2O2/c1-3-5-2-6-4-1/h2H2,(H,3,4). The third kappa shape index (κ3) is 0.587. The number of nitrogens with one attached hydrogen (secondary N) is 1. The van der Waals surface area contributed by atoms with Crippen molar-refractivity contribution in [3.8, 4) is 0 Å². The summed E-state index contributed by atoms with van der Waals surface area (Å²) in [6, 6.07) is 0. The summed E-state index contributed by atoms with van der Waals surface area (Å²) in [6.07, 6.45) is 2.22. The van der Waals surface area contributed by atoms with E-state index in [0.29, 0.717) is 0 Å². The molecule has 0 saturated carbocycles. The van der Waals surface area contributed by atoms with Gasteiger partial charge in [0.05, 0.1) is 0 Å². The van der Waals surface area contributed by atoms with Crippen LogP contribution >= 0.6 is 0 Å². The van der Waals surface area contributed by atoms with Crippen molar-refractivity contribution in [1.29, 1.82) is 0 Å². The van der Waals surface area contributed by atoms with Crippen LogP contribution in [0, 0.1) is 0 Å². The van der Waals surface area contributed by atoms with Crippen LogP contribution in [0.3, 0.4) is 0 Å². The Morgan fingerprint density at radius 3 is 3.00 bits per heavy atom. The third-order valence-corrected chi connectivity index (χ3v) is 0.340. The molecule has 0 aliphatic carbocycles. The van der Waals surface area contributed by atoms with Crippen molar-refractivity contribution in [2.24, 2.45) is 5.16 Å². The third-order valence-electron chi connectivity index (χ3n) is 0.340. The van der Waals surface area contributed by atoms with Gasteiger partial charge < -0.3 is 4.84 Å². The monoisotopic (exact) mass is 87.0 g/mol. The van der Waals surface area contributed by atoms with Gasteiger partial charge in [0.25, 0.3) is 0 Å². The minimum Gasteiger partial charge on any atom is -0.362 e. The van der Waals surface area contributed by atoms with Gasteiger partial charge in [-0.05, 0) is 0 Å². The first kappa shape index (κ1) is 3.42. The first-order chi connectivity index (χ1) is 3.00. The van der Waals surface area contributed by atoms with Crippen LogP contribution in [0.5, 0.6) is 0 Å². The second-order valence-electron chi connectivity index (χ2n) is 0.696. The Hall–Kier alpha value is -0.770. The highest BCUT2D eigenvalue weighted by atomic mass is 16.8. The molecule has 0 bridgehead atoms. The smallest absolute Gasteiger partial charge is 0.240 e. The summed E-state index contributed by atoms with van der Waals surface area (Å²) in [4.78, 5) is 8.69. The molecular weight excluding hydrogens is 84.0 g/mol. The lowest BCUT2D eigenvalue weighted by Crippen LogP contribution is -2.18. The van der Waals surface area contributed by atoms with Gasteiger partial charge in [0.15, 0.2) is 0 Å². The molecule has 6 heavy (non-hydrogen) atoms. The van der Waals surface area contributed by atoms with Crippen molar-refractivity contribution in [2.45, 2.75) is 0 Å². The average molecular weight is 87.1 g/mol. The topological polar surface area (TPSA) is 42.9 Å². The van der Waals surface area contributed by atoms with Gasteiger partial charge >= 0.3 is 0 Å². The lowest BCUT2D eigenvalue weighted by molar-refractivity contribution is -0.0948. The lowest BCUT2D eigenvalue weighted by atomic mass is 11.3. The van der Waals surface area contributed by atoms with E-state index in [1.54, 1.807) is 0 Å². The summed E-state index contributed by atoms with van der Waals surface area (Å²) < 4.78 is 0. The number of hydroxylamine groups is 1. The first-order valence-electron chi connectivity index (χ1n) is 1.44. The highest BCUT2D eigenvalue weighted by Crippen LogP contribution is 1.76. The molecule has 1 N–H and O–H groups in total. The molecule has 0 fully saturated rings. The molecular formula is C2H3N2O2. The fraction of sp³-hybridized carbons (Fsp3) is 0.500. The van der Waals surface area contributed by atoms with Crippen LogP contribution in [-0.2, 0) is 9.68 Å². The average Bonchev–Trinajstić information content (AvgIpc) is 1.72. The molecule has 0 atom stereocenters. The summed E-state index contributed by atoms with van der Waals surface area (Å²) in [5.74, 6) is 0. The zero-order valence-corrected chi connectivity index (χ0v) is 2.97. The maximum Gasteiger partial charge on any atom is 0.240 e. The van der Waals surface area contributed by atoms with Crippen molar-refractivity contribution in [3.05, 3.63) is 0 Å². The van der Waals surface area contributed by atoms with E-state index in [4.69, 9.17) is 0 Å². The van der Waals surface area contributed by atoms with E-state index >= 15 is 0 Å². The molecule has 0 aromatic rings. The molecule has 1 rings (SSSR count). The molecule has 1 radical (unpaired) electrons. The van der Waals surface area contributed by atoms with E-state index in [9.17, 15) is 0 Å². The van der Waals surface area contributed by atoms with Crippen molar-refractivity contribution >= 4 is 6.34 Å². The minimum atomic E-state index is 0.160. The second-order valence-corrected chi connectivity index (χ2v) is 0.696. The largest absolute Gasteiger partial charge is 0.362 e. The maximum absolute atomic E-state index is 4.39. The van der Waals surface area contributed by atoms with Crippen LogP contribution in [-0.4, -0.2) is 13.1 Å². The number of hydrogen-bond acceptors (Lipinski definition) is 4. The highest BCUT2D eigenvalue weighted by Gasteiger charge is 1.86. The van der Waals surface area contributed by atoms with E-state index in [-0.39, 0.29) is 6.79 Å². The normalized spacial score (nSPS) is 18.7. The van der Waals surface area contributed by atoms with Gasteiger partial charge in [-0.2, -0.15) is 0 Å². The molecule has 0 unspecified atom stereocenters. The van der Waals surface area contributed by atoms with Crippen molar-refractivity contribution in [1.82, 2.24) is 5.48 Å². The fourth-order valence-electron chi connectivity index (χ4n) is 0.165. The number of rotatable bonds is 0. The van der Waals surface area contributed by atoms with Gasteiger partial charge in [-0.3, -0.25) is 0 Å². The van der Waals surface area contributed by atoms with Gasteiger partial charge in [0.1, 0.15) is 0 Å². The Labute approximate surface area is 34.7 Å². The van der Waals surface area contributed by atoms with Gasteiger partial charge in [0.2, 0.25) is 13.1 Å². The minimum absolute atomic E-state index is 0.160. The molecule has 0 aromatic heterocycles. The predicted molar refractivity (Wildman–Crippen MR) is 17.6 cm³/mol. The molecule has 0 amide bonds. The molecule has 0 aromatic carbocycles. The van der Waals surface area contributed by atoms with Crippen LogP contribution in [0.25, 0.3) is 0 Å². The van der Waals surface area contributed by atoms with Gasteiger partial charge in [-0.15, -0.1) is 0 Å². The highest BCUT2D eigenvalue weighted by molar-refractivity contribution is 5.51. The summed E-state index contributed by atoms with van der Waals surface area (Å²) in [7, 11) is 0. The Morgan fingerprint density at radius 1 is 1.83 bits per heavy atom. The fourth-order valence-corrected chi connectivity index (χ4v) is 0.165. The summed E-state index contributed by atoms with van der Waals surface area (Å²) in [6.45, 7) is 0.160. The maximum atomic E-state index is 4.39. The predicted octanol–water partition coefficient (Wildman–Crippen LogP) is -0.684.